The summed E-state index contributed by atoms with van der Waals surface area (Å²) in [5.41, 5.74) is 8.89. The Kier molecular flexibility index (Phi) is 26.3. The number of hydrogen-bond acceptors (Lipinski definition) is 26. The van der Waals surface area contributed by atoms with Gasteiger partial charge in [-0.2, -0.15) is 32.9 Å². The summed E-state index contributed by atoms with van der Waals surface area (Å²) in [6.07, 6.45) is 20.9. The van der Waals surface area contributed by atoms with Crippen LogP contribution in [-0.2, 0) is 36.4 Å². The minimum Gasteiger partial charge on any atom is -0.422 e. The Bertz CT molecular complexity index is 4830. The topological polar surface area (TPSA) is 362 Å². The molecule has 6 N–H and O–H groups in total. The quantitative estimate of drug-likeness (QED) is 0.0260. The van der Waals surface area contributed by atoms with Crippen molar-refractivity contribution >= 4 is 34.3 Å². The summed E-state index contributed by atoms with van der Waals surface area (Å²) in [5.74, 6) is 3.63. The molecule has 0 bridgehead atoms. The molecule has 3 aliphatic carbocycles. The first kappa shape index (κ1) is 84.4. The normalized spacial score (nSPS) is 20.7. The van der Waals surface area contributed by atoms with Gasteiger partial charge in [-0.3, -0.25) is 9.36 Å². The SMILES string of the molecule is COC[C@H](C)Nc1ncc2c(-c3cnn(C(C)(C)c4nnc(C(C)C)o4)c3)cc(C3CCC(O)CC3)n2n1.COC[C@H](C)Nc1ncc2c(-c3cnn(C(C)(C)c4nnc(C(F)F)o4)c3)cc(C3CCC(O)CC3)n2n1.C[C@@H](COC(F)F)Cc1ncc2c(-c3ccnc(N4CCOC(C(C)(C)O)C4)c3)cc(C3CCC(O)CC3)n2n1. The minimum absolute atomic E-state index is 0.0245. The summed E-state index contributed by atoms with van der Waals surface area (Å²) in [6, 6.07) is 10.6. The molecule has 0 spiro atoms. The lowest BCUT2D eigenvalue weighted by atomic mass is 9.85. The molecule has 15 rings (SSSR count). The third kappa shape index (κ3) is 19.4. The summed E-state index contributed by atoms with van der Waals surface area (Å²) < 4.78 is 92.3. The van der Waals surface area contributed by atoms with Crippen molar-refractivity contribution < 1.29 is 65.8 Å². The second-order valence-corrected chi connectivity index (χ2v) is 33.3. The van der Waals surface area contributed by atoms with Crippen molar-refractivity contribution in [3.8, 4) is 33.4 Å². The molecule has 626 valence electrons. The number of aromatic nitrogens is 18. The second-order valence-electron chi connectivity index (χ2n) is 33.3. The fourth-order valence-electron chi connectivity index (χ4n) is 15.7. The monoisotopic (exact) mass is 1610 g/mol. The van der Waals surface area contributed by atoms with Gasteiger partial charge in [0, 0.05) is 133 Å². The van der Waals surface area contributed by atoms with Crippen LogP contribution in [0.1, 0.15) is 230 Å². The summed E-state index contributed by atoms with van der Waals surface area (Å²) in [6.45, 7) is 20.9. The molecule has 1 saturated heterocycles. The number of hydrogen-bond donors (Lipinski definition) is 6. The van der Waals surface area contributed by atoms with E-state index in [1.165, 1.54) is 0 Å². The number of methoxy groups -OCH3 is 2. The number of alkyl halides is 4. The number of nitrogens with zero attached hydrogens (tertiary/aromatic N) is 19. The Labute approximate surface area is 670 Å². The third-order valence-corrected chi connectivity index (χ3v) is 22.4. The zero-order valence-electron chi connectivity index (χ0n) is 68.2. The van der Waals surface area contributed by atoms with Crippen molar-refractivity contribution in [2.45, 2.75) is 250 Å². The lowest BCUT2D eigenvalue weighted by molar-refractivity contribution is -0.136. The van der Waals surface area contributed by atoms with Crippen LogP contribution in [0.3, 0.4) is 0 Å². The highest BCUT2D eigenvalue weighted by molar-refractivity contribution is 5.84. The molecule has 116 heavy (non-hydrogen) atoms. The number of aliphatic hydroxyl groups is 4. The summed E-state index contributed by atoms with van der Waals surface area (Å²) in [5, 5.41) is 86.8. The second kappa shape index (κ2) is 36.2. The fourth-order valence-corrected chi connectivity index (χ4v) is 15.7. The Morgan fingerprint density at radius 2 is 0.991 bits per heavy atom. The van der Waals surface area contributed by atoms with Crippen LogP contribution in [0, 0.1) is 5.92 Å². The van der Waals surface area contributed by atoms with Gasteiger partial charge in [-0.05, 0) is 174 Å². The maximum Gasteiger partial charge on any atom is 0.345 e. The van der Waals surface area contributed by atoms with Crippen LogP contribution >= 0.6 is 0 Å². The van der Waals surface area contributed by atoms with Gasteiger partial charge in [-0.25, -0.2) is 33.5 Å². The molecule has 12 heterocycles. The van der Waals surface area contributed by atoms with Crippen LogP contribution in [0.4, 0.5) is 35.3 Å². The Morgan fingerprint density at radius 3 is 1.42 bits per heavy atom. The number of aliphatic hydroxyl groups excluding tert-OH is 3. The molecule has 4 fully saturated rings. The number of anilines is 3. The lowest BCUT2D eigenvalue weighted by Crippen LogP contribution is -2.52. The average molecular weight is 1610 g/mol. The number of morpholine rings is 1. The molecular formula is C81H109F4N21O10. The van der Waals surface area contributed by atoms with E-state index in [1.807, 2.05) is 104 Å². The lowest BCUT2D eigenvalue weighted by Gasteiger charge is -2.39. The van der Waals surface area contributed by atoms with Crippen LogP contribution in [0.5, 0.6) is 0 Å². The van der Waals surface area contributed by atoms with Crippen LogP contribution in [0.25, 0.3) is 49.9 Å². The molecule has 0 radical (unpaired) electrons. The number of ether oxygens (including phenoxy) is 4. The highest BCUT2D eigenvalue weighted by atomic mass is 19.3. The Hall–Kier alpha value is -9.49. The average Bonchev–Trinajstić information content (AvgIpc) is 1.61. The van der Waals surface area contributed by atoms with Crippen LogP contribution in [-0.4, -0.2) is 212 Å². The predicted molar refractivity (Wildman–Crippen MR) is 424 cm³/mol. The molecule has 11 aromatic rings. The van der Waals surface area contributed by atoms with E-state index < -0.39 is 35.6 Å². The molecule has 3 saturated carbocycles. The van der Waals surface area contributed by atoms with Crippen molar-refractivity contribution in [3.63, 3.8) is 0 Å². The Balaban J connectivity index is 0.000000151. The smallest absolute Gasteiger partial charge is 0.345 e. The predicted octanol–water partition coefficient (Wildman–Crippen LogP) is 12.7. The standard InChI is InChI=1S/C29H39F2N5O4.C27H38N8O3.C25H32F2N8O3/c1-18(17-40-28(30)31)12-26-33-15-24-22(14-23(36(24)34-26)19-4-6-21(37)7-5-19)20-8-9-32-27(13-20)35-10-11-39-25(16-35)29(2,3)38;1-16(2)24-31-32-25(38-24)27(4,5)34-14-19(12-29-34)21-11-22(18-7-9-20(36)10-8-18)35-23(21)13-28-26(33-35)30-17(3)15-37-6;1-14(13-37-4)30-24-28-11-20-18(9-19(35(20)33-24)15-5-7-17(36)8-6-15)16-10-29-34(12-16)25(2,3)23-32-31-22(38-23)21(26)27/h8-9,13-15,18-19,21,25,28,37-38H,4-7,10-12,16-17H2,1-3H3;11-14,16-18,20,36H,7-10,15H2,1-6H3,(H,30,33);9-12,14-15,17,21,36H,5-8,13H2,1-4H3,(H,30,33)/t18-,19?,21?,25?;17-,18?,20?;14-,15?,17?/m100/s1. The molecule has 35 heteroatoms. The van der Waals surface area contributed by atoms with Gasteiger partial charge >= 0.3 is 13.0 Å². The highest BCUT2D eigenvalue weighted by Gasteiger charge is 2.38. The van der Waals surface area contributed by atoms with E-state index in [4.69, 9.17) is 43.4 Å². The van der Waals surface area contributed by atoms with Crippen LogP contribution < -0.4 is 15.5 Å². The largest absolute Gasteiger partial charge is 0.422 e. The third-order valence-electron chi connectivity index (χ3n) is 22.4. The van der Waals surface area contributed by atoms with E-state index in [0.717, 1.165) is 150 Å². The van der Waals surface area contributed by atoms with Crippen molar-refractivity contribution in [2.75, 3.05) is 69.3 Å². The first-order chi connectivity index (χ1) is 55.4. The molecule has 1 aliphatic heterocycles. The molecule has 1 unspecified atom stereocenters. The number of nitrogens with one attached hydrogen (secondary N) is 2. The summed E-state index contributed by atoms with van der Waals surface area (Å²) in [7, 11) is 3.33. The summed E-state index contributed by atoms with van der Waals surface area (Å²) in [4.78, 5) is 20.5. The van der Waals surface area contributed by atoms with E-state index in [1.54, 1.807) is 71.4 Å². The molecule has 11 aromatic heterocycles. The van der Waals surface area contributed by atoms with Gasteiger partial charge in [0.2, 0.25) is 29.6 Å². The van der Waals surface area contributed by atoms with Crippen molar-refractivity contribution in [2.24, 2.45) is 5.92 Å². The van der Waals surface area contributed by atoms with E-state index in [2.05, 4.69) is 83.9 Å². The van der Waals surface area contributed by atoms with Crippen molar-refractivity contribution in [1.29, 1.82) is 0 Å². The maximum atomic E-state index is 13.0. The van der Waals surface area contributed by atoms with E-state index in [0.29, 0.717) is 74.8 Å². The van der Waals surface area contributed by atoms with E-state index in [9.17, 15) is 38.0 Å². The first-order valence-corrected chi connectivity index (χ1v) is 40.1. The Morgan fingerprint density at radius 1 is 0.543 bits per heavy atom. The highest BCUT2D eigenvalue weighted by Crippen LogP contribution is 2.43. The van der Waals surface area contributed by atoms with Crippen LogP contribution in [0.2, 0.25) is 0 Å². The van der Waals surface area contributed by atoms with Crippen LogP contribution in [0.15, 0.2) is 88.7 Å². The molecule has 0 amide bonds. The number of rotatable bonds is 27. The molecule has 31 nitrogen and oxygen atoms in total. The first-order valence-electron chi connectivity index (χ1n) is 40.1. The van der Waals surface area contributed by atoms with Gasteiger partial charge in [0.15, 0.2) is 0 Å². The zero-order valence-corrected chi connectivity index (χ0v) is 68.2. The molecule has 4 atom stereocenters. The molecular weight excluding hydrogens is 1500 g/mol. The van der Waals surface area contributed by atoms with Crippen molar-refractivity contribution in [3.05, 3.63) is 126 Å². The number of fused-ring (bicyclic) bond motifs is 3. The number of pyridine rings is 1. The van der Waals surface area contributed by atoms with Gasteiger partial charge in [0.1, 0.15) is 28.8 Å². The fraction of sp³-hybridized carbons (Fsp3) is 0.593. The molecule has 0 aromatic carbocycles. The van der Waals surface area contributed by atoms with Gasteiger partial charge < -0.3 is 63.7 Å². The summed E-state index contributed by atoms with van der Waals surface area (Å²) >= 11 is 0. The van der Waals surface area contributed by atoms with Gasteiger partial charge in [0.25, 0.3) is 5.89 Å². The number of halogens is 4. The van der Waals surface area contributed by atoms with E-state index in [-0.39, 0.29) is 72.7 Å². The minimum atomic E-state index is -2.84. The van der Waals surface area contributed by atoms with Crippen molar-refractivity contribution in [1.82, 2.24) is 88.7 Å². The van der Waals surface area contributed by atoms with Gasteiger partial charge in [-0.15, -0.1) is 30.6 Å². The van der Waals surface area contributed by atoms with Gasteiger partial charge in [0.05, 0.1) is 97.9 Å². The van der Waals surface area contributed by atoms with E-state index >= 15 is 0 Å². The maximum absolute atomic E-state index is 13.0. The zero-order chi connectivity index (χ0) is 82.5. The van der Waals surface area contributed by atoms with Gasteiger partial charge in [-0.1, -0.05) is 20.8 Å². The molecule has 4 aliphatic rings.